The Morgan fingerprint density at radius 3 is 2.36 bits per heavy atom. The molecule has 174 valence electrons. The normalized spacial score (nSPS) is 20.6. The number of amides is 2. The maximum atomic E-state index is 13.2. The first kappa shape index (κ1) is 22.0. The quantitative estimate of drug-likeness (QED) is 0.671. The Labute approximate surface area is 197 Å². The summed E-state index contributed by atoms with van der Waals surface area (Å²) in [5.41, 5.74) is 7.23. The lowest BCUT2D eigenvalue weighted by Gasteiger charge is -2.25. The average Bonchev–Trinajstić information content (AvgIpc) is 3.54. The van der Waals surface area contributed by atoms with Crippen molar-refractivity contribution in [2.45, 2.75) is 65.1 Å². The maximum absolute atomic E-state index is 13.2. The Balaban J connectivity index is 1.23. The van der Waals surface area contributed by atoms with Crippen LogP contribution in [0.2, 0.25) is 0 Å². The van der Waals surface area contributed by atoms with E-state index >= 15 is 0 Å². The molecule has 0 aromatic heterocycles. The Kier molecular flexibility index (Phi) is 5.90. The van der Waals surface area contributed by atoms with Crippen LogP contribution in [0.15, 0.2) is 36.4 Å². The van der Waals surface area contributed by atoms with Crippen LogP contribution >= 0.6 is 0 Å². The van der Waals surface area contributed by atoms with Gasteiger partial charge in [-0.3, -0.25) is 9.59 Å². The minimum atomic E-state index is 0.0343. The number of carbonyl (C=O) groups is 2. The lowest BCUT2D eigenvalue weighted by atomic mass is 10.0. The molecule has 0 N–H and O–H groups in total. The zero-order chi connectivity index (χ0) is 23.1. The highest BCUT2D eigenvalue weighted by Gasteiger charge is 2.36. The van der Waals surface area contributed by atoms with Crippen LogP contribution in [-0.2, 0) is 17.9 Å². The highest BCUT2D eigenvalue weighted by Crippen LogP contribution is 2.32. The highest BCUT2D eigenvalue weighted by molar-refractivity contribution is 5.95. The molecule has 1 saturated heterocycles. The van der Waals surface area contributed by atoms with E-state index in [2.05, 4.69) is 41.8 Å². The largest absolute Gasteiger partial charge is 0.363 e. The van der Waals surface area contributed by atoms with Crippen LogP contribution in [-0.4, -0.2) is 47.8 Å². The minimum Gasteiger partial charge on any atom is -0.363 e. The van der Waals surface area contributed by atoms with Gasteiger partial charge in [-0.15, -0.1) is 0 Å². The fraction of sp³-hybridized carbons (Fsp3) is 0.500. The molecule has 1 aliphatic carbocycles. The lowest BCUT2D eigenvalue weighted by molar-refractivity contribution is -0.129. The number of fused-ring (bicyclic) bond motifs is 1. The van der Waals surface area contributed by atoms with Gasteiger partial charge in [-0.25, -0.2) is 0 Å². The molecule has 0 radical (unpaired) electrons. The number of anilines is 1. The van der Waals surface area contributed by atoms with E-state index in [0.29, 0.717) is 19.0 Å². The summed E-state index contributed by atoms with van der Waals surface area (Å²) in [5, 5.41) is 0. The van der Waals surface area contributed by atoms with Gasteiger partial charge in [-0.1, -0.05) is 31.0 Å². The van der Waals surface area contributed by atoms with Gasteiger partial charge in [-0.2, -0.15) is 0 Å². The zero-order valence-corrected chi connectivity index (χ0v) is 20.1. The maximum Gasteiger partial charge on any atom is 0.253 e. The summed E-state index contributed by atoms with van der Waals surface area (Å²) in [6.45, 7) is 7.52. The summed E-state index contributed by atoms with van der Waals surface area (Å²) in [4.78, 5) is 32.0. The summed E-state index contributed by atoms with van der Waals surface area (Å²) in [6.07, 6.45) is 5.31. The number of hydrogen-bond acceptors (Lipinski definition) is 3. The number of hydrogen-bond donors (Lipinski definition) is 0. The van der Waals surface area contributed by atoms with Gasteiger partial charge >= 0.3 is 0 Å². The molecular formula is C28H35N3O2. The Morgan fingerprint density at radius 2 is 1.70 bits per heavy atom. The first-order valence-electron chi connectivity index (χ1n) is 12.4. The number of likely N-dealkylation sites (tertiary alicyclic amines) is 1. The predicted molar refractivity (Wildman–Crippen MR) is 131 cm³/mol. The third-order valence-corrected chi connectivity index (χ3v) is 7.88. The SMILES string of the molecule is Cc1cc2c(cc1C)CN(c1cccc(C(=O)N(C)CC3CC(=O)N(C4CCCC4)C3)c1)C2. The first-order chi connectivity index (χ1) is 15.9. The Hall–Kier alpha value is -2.82. The first-order valence-corrected chi connectivity index (χ1v) is 12.4. The molecule has 33 heavy (non-hydrogen) atoms. The molecule has 2 amide bonds. The number of benzene rings is 2. The number of aryl methyl sites for hydroxylation is 2. The van der Waals surface area contributed by atoms with Gasteiger partial charge in [0.15, 0.2) is 0 Å². The third-order valence-electron chi connectivity index (χ3n) is 7.88. The molecule has 1 saturated carbocycles. The summed E-state index contributed by atoms with van der Waals surface area (Å²) in [7, 11) is 1.87. The van der Waals surface area contributed by atoms with E-state index in [-0.39, 0.29) is 17.7 Å². The van der Waals surface area contributed by atoms with Gasteiger partial charge in [-0.05, 0) is 67.1 Å². The van der Waals surface area contributed by atoms with Crippen molar-refractivity contribution in [3.8, 4) is 0 Å². The number of carbonyl (C=O) groups excluding carboxylic acids is 2. The molecule has 1 atom stereocenters. The third kappa shape index (κ3) is 4.38. The molecule has 2 aromatic carbocycles. The van der Waals surface area contributed by atoms with Gasteiger partial charge in [0, 0.05) is 62.9 Å². The van der Waals surface area contributed by atoms with Crippen molar-refractivity contribution in [3.05, 3.63) is 64.2 Å². The molecule has 2 heterocycles. The zero-order valence-electron chi connectivity index (χ0n) is 20.1. The Bertz CT molecular complexity index is 1040. The molecule has 0 spiro atoms. The van der Waals surface area contributed by atoms with Gasteiger partial charge in [0.25, 0.3) is 5.91 Å². The highest BCUT2D eigenvalue weighted by atomic mass is 16.2. The topological polar surface area (TPSA) is 43.9 Å². The van der Waals surface area contributed by atoms with Gasteiger partial charge in [0.05, 0.1) is 0 Å². The van der Waals surface area contributed by atoms with Crippen LogP contribution < -0.4 is 4.90 Å². The van der Waals surface area contributed by atoms with Crippen LogP contribution in [0.3, 0.4) is 0 Å². The molecule has 5 rings (SSSR count). The summed E-state index contributed by atoms with van der Waals surface area (Å²) in [5.74, 6) is 0.538. The van der Waals surface area contributed by atoms with Crippen molar-refractivity contribution in [1.82, 2.24) is 9.80 Å². The van der Waals surface area contributed by atoms with Crippen molar-refractivity contribution >= 4 is 17.5 Å². The van der Waals surface area contributed by atoms with E-state index in [1.807, 2.05) is 25.2 Å². The second-order valence-electron chi connectivity index (χ2n) is 10.4. The van der Waals surface area contributed by atoms with Crippen molar-refractivity contribution in [3.63, 3.8) is 0 Å². The fourth-order valence-corrected chi connectivity index (χ4v) is 5.91. The van der Waals surface area contributed by atoms with Crippen molar-refractivity contribution in [2.75, 3.05) is 25.0 Å². The van der Waals surface area contributed by atoms with Crippen molar-refractivity contribution < 1.29 is 9.59 Å². The second-order valence-corrected chi connectivity index (χ2v) is 10.4. The Morgan fingerprint density at radius 1 is 1.03 bits per heavy atom. The summed E-state index contributed by atoms with van der Waals surface area (Å²) in [6, 6.07) is 13.0. The molecule has 2 aliphatic heterocycles. The smallest absolute Gasteiger partial charge is 0.253 e. The van der Waals surface area contributed by atoms with Crippen molar-refractivity contribution in [2.24, 2.45) is 5.92 Å². The van der Waals surface area contributed by atoms with Crippen LogP contribution in [0.1, 0.15) is 64.7 Å². The van der Waals surface area contributed by atoms with E-state index in [1.54, 1.807) is 4.90 Å². The molecule has 0 bridgehead atoms. The van der Waals surface area contributed by atoms with Crippen LogP contribution in [0.5, 0.6) is 0 Å². The van der Waals surface area contributed by atoms with Gasteiger partial charge < -0.3 is 14.7 Å². The molecule has 2 fully saturated rings. The molecule has 3 aliphatic rings. The molecule has 2 aromatic rings. The van der Waals surface area contributed by atoms with E-state index in [9.17, 15) is 9.59 Å². The fourth-order valence-electron chi connectivity index (χ4n) is 5.91. The van der Waals surface area contributed by atoms with E-state index < -0.39 is 0 Å². The van der Waals surface area contributed by atoms with Gasteiger partial charge in [0.2, 0.25) is 5.91 Å². The standard InChI is InChI=1S/C28H35N3O2/c1-19-11-23-17-30(18-24(23)12-20(19)2)26-10-6-7-22(14-26)28(33)29(3)15-21-13-27(32)31(16-21)25-8-4-5-9-25/h6-7,10-12,14,21,25H,4-5,8-9,13,15-18H2,1-3H3. The molecular weight excluding hydrogens is 410 g/mol. The summed E-state index contributed by atoms with van der Waals surface area (Å²) < 4.78 is 0. The average molecular weight is 446 g/mol. The number of rotatable bonds is 5. The summed E-state index contributed by atoms with van der Waals surface area (Å²) >= 11 is 0. The molecule has 5 heteroatoms. The van der Waals surface area contributed by atoms with Crippen molar-refractivity contribution in [1.29, 1.82) is 0 Å². The molecule has 1 unspecified atom stereocenters. The number of nitrogens with zero attached hydrogens (tertiary/aromatic N) is 3. The van der Waals surface area contributed by atoms with E-state index in [0.717, 1.165) is 43.7 Å². The second kappa shape index (κ2) is 8.85. The van der Waals surface area contributed by atoms with Crippen LogP contribution in [0.25, 0.3) is 0 Å². The van der Waals surface area contributed by atoms with Crippen LogP contribution in [0, 0.1) is 19.8 Å². The van der Waals surface area contributed by atoms with E-state index in [1.165, 1.54) is 35.1 Å². The molecule has 5 nitrogen and oxygen atoms in total. The monoisotopic (exact) mass is 445 g/mol. The lowest BCUT2D eigenvalue weighted by Crippen LogP contribution is -2.36. The van der Waals surface area contributed by atoms with Crippen LogP contribution in [0.4, 0.5) is 5.69 Å². The minimum absolute atomic E-state index is 0.0343. The van der Waals surface area contributed by atoms with E-state index in [4.69, 9.17) is 0 Å². The predicted octanol–water partition coefficient (Wildman–Crippen LogP) is 4.69. The van der Waals surface area contributed by atoms with Gasteiger partial charge in [0.1, 0.15) is 0 Å².